The van der Waals surface area contributed by atoms with Crippen molar-refractivity contribution in [1.29, 1.82) is 0 Å². The van der Waals surface area contributed by atoms with Crippen LogP contribution in [0.5, 0.6) is 0 Å². The van der Waals surface area contributed by atoms with E-state index in [0.717, 1.165) is 6.42 Å². The van der Waals surface area contributed by atoms with Gasteiger partial charge in [-0.2, -0.15) is 0 Å². The van der Waals surface area contributed by atoms with Gasteiger partial charge < -0.3 is 0 Å². The Morgan fingerprint density at radius 3 is 3.33 bits per heavy atom. The predicted octanol–water partition coefficient (Wildman–Crippen LogP) is 2.02. The van der Waals surface area contributed by atoms with Crippen molar-refractivity contribution in [3.05, 3.63) is 29.6 Å². The Morgan fingerprint density at radius 2 is 2.53 bits per heavy atom. The van der Waals surface area contributed by atoms with Gasteiger partial charge in [0.15, 0.2) is 0 Å². The zero-order valence-corrected chi connectivity index (χ0v) is 9.11. The molecule has 1 aromatic heterocycles. The first-order chi connectivity index (χ1) is 7.33. The van der Waals surface area contributed by atoms with Crippen LogP contribution in [0.3, 0.4) is 0 Å². The summed E-state index contributed by atoms with van der Waals surface area (Å²) in [7, 11) is 2.08. The van der Waals surface area contributed by atoms with E-state index in [-0.39, 0.29) is 0 Å². The van der Waals surface area contributed by atoms with Crippen LogP contribution in [0.25, 0.3) is 0 Å². The van der Waals surface area contributed by atoms with Crippen LogP contribution < -0.4 is 0 Å². The molecule has 2 nitrogen and oxygen atoms in total. The zero-order chi connectivity index (χ0) is 10.7. The number of aromatic nitrogens is 1. The third-order valence-electron chi connectivity index (χ3n) is 3.04. The number of pyridine rings is 1. The molecule has 0 aromatic carbocycles. The summed E-state index contributed by atoms with van der Waals surface area (Å²) in [6.07, 6.45) is 10.8. The first-order valence-electron chi connectivity index (χ1n) is 5.40. The van der Waals surface area contributed by atoms with Crippen molar-refractivity contribution in [3.8, 4) is 12.3 Å². The highest BCUT2D eigenvalue weighted by Gasteiger charge is 2.23. The van der Waals surface area contributed by atoms with E-state index < -0.39 is 0 Å². The molecule has 0 bridgehead atoms. The maximum absolute atomic E-state index is 5.34. The van der Waals surface area contributed by atoms with Crippen LogP contribution in [0.1, 0.15) is 30.1 Å². The van der Waals surface area contributed by atoms with Crippen molar-refractivity contribution < 1.29 is 0 Å². The summed E-state index contributed by atoms with van der Waals surface area (Å²) in [5.74, 6) is 2.69. The molecule has 0 radical (unpaired) electrons. The molecular weight excluding hydrogens is 184 g/mol. The number of terminal acetylenes is 1. The minimum Gasteiger partial charge on any atom is -0.287 e. The van der Waals surface area contributed by atoms with Crippen molar-refractivity contribution in [1.82, 2.24) is 9.88 Å². The molecule has 2 rings (SSSR count). The predicted molar refractivity (Wildman–Crippen MR) is 61.4 cm³/mol. The minimum atomic E-state index is 0.408. The summed E-state index contributed by atoms with van der Waals surface area (Å²) in [6, 6.07) is 4.60. The summed E-state index contributed by atoms with van der Waals surface area (Å²) in [5, 5.41) is 0. The largest absolute Gasteiger partial charge is 0.287 e. The van der Waals surface area contributed by atoms with E-state index in [1.165, 1.54) is 24.1 Å². The molecule has 1 aliphatic carbocycles. The Balaban J connectivity index is 2.26. The van der Waals surface area contributed by atoms with Crippen molar-refractivity contribution >= 4 is 0 Å². The average Bonchev–Trinajstić information content (AvgIpc) is 2.28. The summed E-state index contributed by atoms with van der Waals surface area (Å²) < 4.78 is 0. The van der Waals surface area contributed by atoms with Crippen LogP contribution in [0.4, 0.5) is 0 Å². The Labute approximate surface area is 91.3 Å². The lowest BCUT2D eigenvalue weighted by molar-refractivity contribution is 0.241. The quantitative estimate of drug-likeness (QED) is 0.679. The molecule has 1 aromatic rings. The molecule has 15 heavy (non-hydrogen) atoms. The average molecular weight is 200 g/mol. The lowest BCUT2D eigenvalue weighted by atomic mass is 9.91. The Bertz CT molecular complexity index is 378. The molecule has 1 unspecified atom stereocenters. The van der Waals surface area contributed by atoms with Gasteiger partial charge in [-0.3, -0.25) is 9.88 Å². The SMILES string of the molecule is C#CCN(C)C1CCCc2cccnc21. The zero-order valence-electron chi connectivity index (χ0n) is 9.11. The maximum atomic E-state index is 5.34. The number of aryl methyl sites for hydroxylation is 1. The van der Waals surface area contributed by atoms with Gasteiger partial charge in [0.1, 0.15) is 0 Å². The first kappa shape index (κ1) is 10.2. The molecule has 2 heteroatoms. The third-order valence-corrected chi connectivity index (χ3v) is 3.04. The highest BCUT2D eigenvalue weighted by molar-refractivity contribution is 5.25. The van der Waals surface area contributed by atoms with Gasteiger partial charge in [-0.25, -0.2) is 0 Å². The van der Waals surface area contributed by atoms with E-state index in [9.17, 15) is 0 Å². The van der Waals surface area contributed by atoms with Crippen LogP contribution >= 0.6 is 0 Å². The van der Waals surface area contributed by atoms with Crippen LogP contribution in [-0.2, 0) is 6.42 Å². The summed E-state index contributed by atoms with van der Waals surface area (Å²) in [5.41, 5.74) is 2.61. The van der Waals surface area contributed by atoms with Gasteiger partial charge in [0.05, 0.1) is 18.3 Å². The molecule has 0 aliphatic heterocycles. The van der Waals surface area contributed by atoms with Crippen molar-refractivity contribution in [2.45, 2.75) is 25.3 Å². The minimum absolute atomic E-state index is 0.408. The van der Waals surface area contributed by atoms with Crippen LogP contribution in [0.2, 0.25) is 0 Å². The van der Waals surface area contributed by atoms with Gasteiger partial charge in [0.2, 0.25) is 0 Å². The smallest absolute Gasteiger partial charge is 0.0607 e. The molecule has 0 saturated heterocycles. The van der Waals surface area contributed by atoms with Gasteiger partial charge in [0.25, 0.3) is 0 Å². The topological polar surface area (TPSA) is 16.1 Å². The number of fused-ring (bicyclic) bond motifs is 1. The molecule has 78 valence electrons. The molecular formula is C13H16N2. The Hall–Kier alpha value is -1.33. The van der Waals surface area contributed by atoms with Gasteiger partial charge in [-0.1, -0.05) is 12.0 Å². The molecule has 1 atom stereocenters. The highest BCUT2D eigenvalue weighted by Crippen LogP contribution is 2.31. The maximum Gasteiger partial charge on any atom is 0.0607 e. The van der Waals surface area contributed by atoms with Crippen molar-refractivity contribution in [2.75, 3.05) is 13.6 Å². The molecule has 0 fully saturated rings. The lowest BCUT2D eigenvalue weighted by Gasteiger charge is -2.30. The molecule has 0 saturated carbocycles. The fraction of sp³-hybridized carbons (Fsp3) is 0.462. The summed E-state index contributed by atoms with van der Waals surface area (Å²) >= 11 is 0. The van der Waals surface area contributed by atoms with E-state index in [1.807, 2.05) is 12.3 Å². The number of hydrogen-bond acceptors (Lipinski definition) is 2. The second-order valence-electron chi connectivity index (χ2n) is 4.08. The number of nitrogens with zero attached hydrogens (tertiary/aromatic N) is 2. The summed E-state index contributed by atoms with van der Waals surface area (Å²) in [4.78, 5) is 6.71. The Kier molecular flexibility index (Phi) is 3.03. The molecule has 1 aliphatic rings. The van der Waals surface area contributed by atoms with Crippen LogP contribution in [-0.4, -0.2) is 23.5 Å². The van der Waals surface area contributed by atoms with Crippen molar-refractivity contribution in [3.63, 3.8) is 0 Å². The van der Waals surface area contributed by atoms with Gasteiger partial charge >= 0.3 is 0 Å². The van der Waals surface area contributed by atoms with E-state index in [2.05, 4.69) is 28.9 Å². The normalized spacial score (nSPS) is 19.7. The second kappa shape index (κ2) is 4.46. The summed E-state index contributed by atoms with van der Waals surface area (Å²) in [6.45, 7) is 0.695. The van der Waals surface area contributed by atoms with E-state index in [4.69, 9.17) is 6.42 Å². The Morgan fingerprint density at radius 1 is 1.67 bits per heavy atom. The lowest BCUT2D eigenvalue weighted by Crippen LogP contribution is -2.28. The van der Waals surface area contributed by atoms with Crippen molar-refractivity contribution in [2.24, 2.45) is 0 Å². The number of hydrogen-bond donors (Lipinski definition) is 0. The van der Waals surface area contributed by atoms with Gasteiger partial charge in [-0.15, -0.1) is 6.42 Å². The molecule has 1 heterocycles. The van der Waals surface area contributed by atoms with Gasteiger partial charge in [0, 0.05) is 6.20 Å². The fourth-order valence-electron chi connectivity index (χ4n) is 2.27. The van der Waals surface area contributed by atoms with Gasteiger partial charge in [-0.05, 0) is 37.9 Å². The molecule has 0 amide bonds. The van der Waals surface area contributed by atoms with Crippen LogP contribution in [0.15, 0.2) is 18.3 Å². The first-order valence-corrected chi connectivity index (χ1v) is 5.40. The highest BCUT2D eigenvalue weighted by atomic mass is 15.1. The molecule has 0 N–H and O–H groups in total. The number of rotatable bonds is 2. The fourth-order valence-corrected chi connectivity index (χ4v) is 2.27. The van der Waals surface area contributed by atoms with E-state index in [0.29, 0.717) is 12.6 Å². The standard InChI is InChI=1S/C13H16N2/c1-3-10-15(2)12-8-4-6-11-7-5-9-14-13(11)12/h1,5,7,9,12H,4,6,8,10H2,2H3. The third kappa shape index (κ3) is 2.03. The molecule has 0 spiro atoms. The monoisotopic (exact) mass is 200 g/mol. The van der Waals surface area contributed by atoms with E-state index in [1.54, 1.807) is 0 Å². The second-order valence-corrected chi connectivity index (χ2v) is 4.08. The van der Waals surface area contributed by atoms with Crippen LogP contribution in [0, 0.1) is 12.3 Å². The van der Waals surface area contributed by atoms with E-state index >= 15 is 0 Å².